The molecule has 1 aromatic carbocycles. The number of rotatable bonds is 0. The Bertz CT molecular complexity index is 764. The van der Waals surface area contributed by atoms with E-state index in [0.29, 0.717) is 0 Å². The zero-order valence-corrected chi connectivity index (χ0v) is 11.7. The van der Waals surface area contributed by atoms with Crippen LogP contribution in [0.15, 0.2) is 42.5 Å². The molecule has 0 saturated carbocycles. The van der Waals surface area contributed by atoms with Crippen LogP contribution in [0.4, 0.5) is 0 Å². The third kappa shape index (κ3) is 1.93. The standard InChI is InChI=1S/C16H16NS/c1-11-4-5-12-9-13-6-7-14(17(2)3)10-16(13)18-15(12)8-11/h4-10H,1-3H3/q+1. The van der Waals surface area contributed by atoms with Crippen LogP contribution in [0.3, 0.4) is 0 Å². The molecule has 0 saturated heterocycles. The second-order valence-electron chi connectivity index (χ2n) is 4.90. The maximum absolute atomic E-state index is 2.28. The predicted octanol–water partition coefficient (Wildman–Crippen LogP) is 3.35. The van der Waals surface area contributed by atoms with Gasteiger partial charge in [-0.3, -0.25) is 0 Å². The minimum Gasteiger partial charge on any atom is -0.235 e. The summed E-state index contributed by atoms with van der Waals surface area (Å²) in [7, 11) is 4.16. The van der Waals surface area contributed by atoms with Gasteiger partial charge in [-0.25, -0.2) is 4.58 Å². The molecular weight excluding hydrogens is 238 g/mol. The number of hydrogen-bond acceptors (Lipinski definition) is 1. The zero-order chi connectivity index (χ0) is 12.7. The Labute approximate surface area is 111 Å². The number of nitrogens with zero attached hydrogens (tertiary/aromatic N) is 1. The summed E-state index contributed by atoms with van der Waals surface area (Å²) >= 11 is 1.87. The van der Waals surface area contributed by atoms with Crippen molar-refractivity contribution in [3.63, 3.8) is 0 Å². The minimum atomic E-state index is 1.26. The number of fused-ring (bicyclic) bond motifs is 2. The van der Waals surface area contributed by atoms with Gasteiger partial charge in [-0.2, -0.15) is 0 Å². The fourth-order valence-electron chi connectivity index (χ4n) is 2.14. The summed E-state index contributed by atoms with van der Waals surface area (Å²) < 4.78 is 3.51. The van der Waals surface area contributed by atoms with E-state index in [4.69, 9.17) is 0 Å². The number of aryl methyl sites for hydroxylation is 1. The molecule has 18 heavy (non-hydrogen) atoms. The Hall–Kier alpha value is -1.67. The molecule has 2 aliphatic rings. The van der Waals surface area contributed by atoms with Crippen molar-refractivity contribution < 1.29 is 0 Å². The van der Waals surface area contributed by atoms with Gasteiger partial charge >= 0.3 is 0 Å². The predicted molar refractivity (Wildman–Crippen MR) is 80.3 cm³/mol. The normalized spacial score (nSPS) is 11.1. The van der Waals surface area contributed by atoms with Crippen molar-refractivity contribution in [2.24, 2.45) is 0 Å². The Morgan fingerprint density at radius 3 is 2.56 bits per heavy atom. The van der Waals surface area contributed by atoms with Crippen molar-refractivity contribution in [2.45, 2.75) is 6.92 Å². The van der Waals surface area contributed by atoms with Gasteiger partial charge in [-0.15, -0.1) is 11.3 Å². The van der Waals surface area contributed by atoms with E-state index in [2.05, 4.69) is 68.1 Å². The molecule has 0 bridgehead atoms. The smallest absolute Gasteiger partial charge is 0.200 e. The van der Waals surface area contributed by atoms with Gasteiger partial charge < -0.3 is 0 Å². The molecule has 0 amide bonds. The van der Waals surface area contributed by atoms with Gasteiger partial charge in [0.2, 0.25) is 5.36 Å². The zero-order valence-electron chi connectivity index (χ0n) is 10.9. The van der Waals surface area contributed by atoms with Crippen LogP contribution in [0.25, 0.3) is 20.5 Å². The van der Waals surface area contributed by atoms with Crippen LogP contribution < -0.4 is 9.93 Å². The molecule has 0 atom stereocenters. The van der Waals surface area contributed by atoms with Crippen LogP contribution in [-0.2, 0) is 0 Å². The lowest BCUT2D eigenvalue weighted by Gasteiger charge is -2.06. The maximum Gasteiger partial charge on any atom is 0.200 e. The third-order valence-electron chi connectivity index (χ3n) is 3.21. The van der Waals surface area contributed by atoms with E-state index in [1.54, 1.807) is 0 Å². The van der Waals surface area contributed by atoms with E-state index in [1.165, 1.54) is 31.4 Å². The summed E-state index contributed by atoms with van der Waals surface area (Å²) in [6, 6.07) is 15.6. The molecule has 1 aromatic rings. The van der Waals surface area contributed by atoms with Gasteiger partial charge in [0, 0.05) is 21.7 Å². The largest absolute Gasteiger partial charge is 0.235 e. The second-order valence-corrected chi connectivity index (χ2v) is 5.99. The average molecular weight is 254 g/mol. The van der Waals surface area contributed by atoms with Crippen molar-refractivity contribution in [3.05, 3.63) is 53.4 Å². The number of hydrogen-bond donors (Lipinski definition) is 0. The molecule has 1 nitrogen and oxygen atoms in total. The van der Waals surface area contributed by atoms with Crippen LogP contribution in [-0.4, -0.2) is 14.1 Å². The summed E-state index contributed by atoms with van der Waals surface area (Å²) in [6.45, 7) is 2.15. The molecular formula is C16H16NS+. The summed E-state index contributed by atoms with van der Waals surface area (Å²) in [4.78, 5) is 1.35. The van der Waals surface area contributed by atoms with Crippen molar-refractivity contribution in [2.75, 3.05) is 14.1 Å². The molecule has 3 rings (SSSR count). The lowest BCUT2D eigenvalue weighted by molar-refractivity contribution is 0.814. The molecule has 0 aromatic heterocycles. The maximum atomic E-state index is 2.28. The Morgan fingerprint density at radius 2 is 1.78 bits per heavy atom. The Kier molecular flexibility index (Phi) is 2.67. The van der Waals surface area contributed by atoms with Gasteiger partial charge in [-0.05, 0) is 41.6 Å². The first kappa shape index (κ1) is 11.4. The Morgan fingerprint density at radius 1 is 0.944 bits per heavy atom. The number of benzene rings is 2. The summed E-state index contributed by atoms with van der Waals surface area (Å²) in [5.41, 5.74) is 2.64. The van der Waals surface area contributed by atoms with Crippen LogP contribution >= 0.6 is 11.3 Å². The fraction of sp³-hybridized carbons (Fsp3) is 0.188. The summed E-state index contributed by atoms with van der Waals surface area (Å²) in [5, 5.41) is 2.58. The molecule has 0 N–H and O–H groups in total. The molecule has 1 aliphatic heterocycles. The quantitative estimate of drug-likeness (QED) is 0.427. The van der Waals surface area contributed by atoms with E-state index in [0.717, 1.165) is 0 Å². The SMILES string of the molecule is Cc1ccc2cc3ccc(=[N+](C)C)cc-3sc2c1. The van der Waals surface area contributed by atoms with Gasteiger partial charge in [-0.1, -0.05) is 12.1 Å². The first-order valence-corrected chi connectivity index (χ1v) is 6.90. The first-order chi connectivity index (χ1) is 8.63. The van der Waals surface area contributed by atoms with Crippen LogP contribution in [0.5, 0.6) is 0 Å². The highest BCUT2D eigenvalue weighted by Gasteiger charge is 2.06. The lowest BCUT2D eigenvalue weighted by atomic mass is 10.1. The summed E-state index contributed by atoms with van der Waals surface area (Å²) in [5.74, 6) is 0. The lowest BCUT2D eigenvalue weighted by Crippen LogP contribution is -2.20. The van der Waals surface area contributed by atoms with E-state index >= 15 is 0 Å². The van der Waals surface area contributed by atoms with Crippen molar-refractivity contribution >= 4 is 21.4 Å². The highest BCUT2D eigenvalue weighted by molar-refractivity contribution is 7.21. The molecule has 90 valence electrons. The molecule has 0 unspecified atom stereocenters. The van der Waals surface area contributed by atoms with Crippen LogP contribution in [0, 0.1) is 6.92 Å². The van der Waals surface area contributed by atoms with Gasteiger partial charge in [0.1, 0.15) is 14.1 Å². The van der Waals surface area contributed by atoms with E-state index in [1.807, 2.05) is 11.3 Å². The third-order valence-corrected chi connectivity index (χ3v) is 4.36. The molecule has 0 fully saturated rings. The van der Waals surface area contributed by atoms with Gasteiger partial charge in [0.15, 0.2) is 0 Å². The topological polar surface area (TPSA) is 3.01 Å². The minimum absolute atomic E-state index is 1.26. The van der Waals surface area contributed by atoms with Gasteiger partial charge in [0.25, 0.3) is 0 Å². The first-order valence-electron chi connectivity index (χ1n) is 6.08. The molecule has 2 heteroatoms. The highest BCUT2D eigenvalue weighted by Crippen LogP contribution is 2.32. The van der Waals surface area contributed by atoms with E-state index in [9.17, 15) is 0 Å². The second kappa shape index (κ2) is 4.21. The van der Waals surface area contributed by atoms with Gasteiger partial charge in [0.05, 0.1) is 0 Å². The Balaban J connectivity index is 2.40. The van der Waals surface area contributed by atoms with E-state index in [-0.39, 0.29) is 0 Å². The molecule has 0 radical (unpaired) electrons. The monoisotopic (exact) mass is 254 g/mol. The van der Waals surface area contributed by atoms with Crippen LogP contribution in [0.2, 0.25) is 0 Å². The molecule has 0 spiro atoms. The van der Waals surface area contributed by atoms with Crippen molar-refractivity contribution in [3.8, 4) is 10.4 Å². The average Bonchev–Trinajstić information content (AvgIpc) is 2.35. The summed E-state index contributed by atoms with van der Waals surface area (Å²) in [6.07, 6.45) is 0. The van der Waals surface area contributed by atoms with E-state index < -0.39 is 0 Å². The van der Waals surface area contributed by atoms with Crippen molar-refractivity contribution in [1.29, 1.82) is 0 Å². The highest BCUT2D eigenvalue weighted by atomic mass is 32.1. The van der Waals surface area contributed by atoms with Crippen LogP contribution in [0.1, 0.15) is 5.56 Å². The fourth-order valence-corrected chi connectivity index (χ4v) is 3.30. The molecule has 1 heterocycles. The molecule has 1 aliphatic carbocycles. The van der Waals surface area contributed by atoms with Crippen molar-refractivity contribution in [1.82, 2.24) is 4.58 Å².